The summed E-state index contributed by atoms with van der Waals surface area (Å²) in [4.78, 5) is 24.5. The zero-order valence-corrected chi connectivity index (χ0v) is 17.7. The third kappa shape index (κ3) is 5.81. The summed E-state index contributed by atoms with van der Waals surface area (Å²) in [6.45, 7) is 4.86. The van der Waals surface area contributed by atoms with Crippen LogP contribution >= 0.6 is 12.2 Å². The summed E-state index contributed by atoms with van der Waals surface area (Å²) >= 11 is 5.08. The van der Waals surface area contributed by atoms with Crippen LogP contribution in [0.3, 0.4) is 0 Å². The van der Waals surface area contributed by atoms with Gasteiger partial charge in [-0.25, -0.2) is 0 Å². The van der Waals surface area contributed by atoms with Crippen molar-refractivity contribution in [2.45, 2.75) is 20.4 Å². The zero-order chi connectivity index (χ0) is 21.5. The lowest BCUT2D eigenvalue weighted by Gasteiger charge is -2.12. The molecule has 0 saturated heterocycles. The van der Waals surface area contributed by atoms with Gasteiger partial charge in [0, 0.05) is 17.3 Å². The number of nitrogens with zero attached hydrogens (tertiary/aromatic N) is 1. The van der Waals surface area contributed by atoms with Crippen LogP contribution in [0.15, 0.2) is 60.8 Å². The molecular formula is C22H24N4O3S. The van der Waals surface area contributed by atoms with Crippen molar-refractivity contribution in [1.29, 1.82) is 0 Å². The van der Waals surface area contributed by atoms with Crippen molar-refractivity contribution in [3.05, 3.63) is 66.4 Å². The molecule has 0 saturated carbocycles. The number of carbonyl (C=O) groups is 2. The van der Waals surface area contributed by atoms with E-state index in [1.165, 1.54) is 0 Å². The van der Waals surface area contributed by atoms with E-state index < -0.39 is 0 Å². The summed E-state index contributed by atoms with van der Waals surface area (Å²) in [7, 11) is 0. The molecule has 0 atom stereocenters. The SMILES string of the molecule is CC(C)COc1ccc(C(=O)NC(=S)NNC(=O)Cn2ccc3ccccc32)cc1. The highest BCUT2D eigenvalue weighted by molar-refractivity contribution is 7.80. The largest absolute Gasteiger partial charge is 0.493 e. The van der Waals surface area contributed by atoms with Crippen molar-refractivity contribution in [2.75, 3.05) is 6.61 Å². The maximum absolute atomic E-state index is 12.3. The summed E-state index contributed by atoms with van der Waals surface area (Å²) in [5.74, 6) is 0.446. The first kappa shape index (κ1) is 21.3. The number of hydrogen-bond acceptors (Lipinski definition) is 4. The Morgan fingerprint density at radius 1 is 1.03 bits per heavy atom. The van der Waals surface area contributed by atoms with Crippen LogP contribution in [0.5, 0.6) is 5.75 Å². The van der Waals surface area contributed by atoms with E-state index in [0.29, 0.717) is 23.8 Å². The quantitative estimate of drug-likeness (QED) is 0.418. The van der Waals surface area contributed by atoms with E-state index in [-0.39, 0.29) is 23.5 Å². The maximum atomic E-state index is 12.3. The molecule has 2 amide bonds. The first-order valence-electron chi connectivity index (χ1n) is 9.59. The molecule has 7 nitrogen and oxygen atoms in total. The van der Waals surface area contributed by atoms with Gasteiger partial charge in [-0.05, 0) is 59.9 Å². The van der Waals surface area contributed by atoms with Gasteiger partial charge in [0.25, 0.3) is 11.8 Å². The van der Waals surface area contributed by atoms with E-state index in [1.807, 2.05) is 41.1 Å². The van der Waals surface area contributed by atoms with Crippen molar-refractivity contribution in [3.63, 3.8) is 0 Å². The number of nitrogens with one attached hydrogen (secondary N) is 3. The van der Waals surface area contributed by atoms with Gasteiger partial charge in [0.05, 0.1) is 6.61 Å². The standard InChI is InChI=1S/C22H24N4O3S/c1-15(2)14-29-18-9-7-17(8-10-18)21(28)23-22(30)25-24-20(27)13-26-12-11-16-5-3-4-6-19(16)26/h3-12,15H,13-14H2,1-2H3,(H,24,27)(H2,23,25,28,30). The predicted molar refractivity (Wildman–Crippen MR) is 120 cm³/mol. The molecule has 0 spiro atoms. The third-order valence-electron chi connectivity index (χ3n) is 4.24. The molecule has 1 heterocycles. The minimum absolute atomic E-state index is 0.00542. The molecule has 0 aliphatic rings. The predicted octanol–water partition coefficient (Wildman–Crippen LogP) is 3.01. The highest BCUT2D eigenvalue weighted by atomic mass is 32.1. The van der Waals surface area contributed by atoms with E-state index in [9.17, 15) is 9.59 Å². The second-order valence-electron chi connectivity index (χ2n) is 7.19. The number of carbonyl (C=O) groups excluding carboxylic acids is 2. The van der Waals surface area contributed by atoms with Crippen LogP contribution in [-0.4, -0.2) is 28.1 Å². The summed E-state index contributed by atoms with van der Waals surface area (Å²) < 4.78 is 7.43. The highest BCUT2D eigenvalue weighted by Crippen LogP contribution is 2.15. The minimum Gasteiger partial charge on any atom is -0.493 e. The Labute approximate surface area is 180 Å². The molecule has 1 aromatic heterocycles. The lowest BCUT2D eigenvalue weighted by molar-refractivity contribution is -0.122. The Morgan fingerprint density at radius 3 is 2.50 bits per heavy atom. The Morgan fingerprint density at radius 2 is 1.77 bits per heavy atom. The lowest BCUT2D eigenvalue weighted by atomic mass is 10.2. The minimum atomic E-state index is -0.381. The molecule has 3 aromatic rings. The van der Waals surface area contributed by atoms with Gasteiger partial charge in [0.15, 0.2) is 5.11 Å². The van der Waals surface area contributed by atoms with E-state index in [2.05, 4.69) is 30.0 Å². The fourth-order valence-corrected chi connectivity index (χ4v) is 2.91. The van der Waals surface area contributed by atoms with Gasteiger partial charge in [0.2, 0.25) is 0 Å². The number of thiocarbonyl (C=S) groups is 1. The van der Waals surface area contributed by atoms with Gasteiger partial charge in [-0.1, -0.05) is 32.0 Å². The molecule has 30 heavy (non-hydrogen) atoms. The van der Waals surface area contributed by atoms with Crippen LogP contribution in [0, 0.1) is 5.92 Å². The molecule has 0 aliphatic carbocycles. The van der Waals surface area contributed by atoms with Gasteiger partial charge in [-0.15, -0.1) is 0 Å². The fourth-order valence-electron chi connectivity index (χ4n) is 2.77. The number of rotatable bonds is 6. The number of hydrogen-bond donors (Lipinski definition) is 3. The Balaban J connectivity index is 1.45. The topological polar surface area (TPSA) is 84.4 Å². The van der Waals surface area contributed by atoms with Gasteiger partial charge in [-0.2, -0.15) is 0 Å². The summed E-state index contributed by atoms with van der Waals surface area (Å²) in [5.41, 5.74) is 6.44. The molecule has 8 heteroatoms. The van der Waals surface area contributed by atoms with Gasteiger partial charge in [0.1, 0.15) is 12.3 Å². The van der Waals surface area contributed by atoms with E-state index >= 15 is 0 Å². The smallest absolute Gasteiger partial charge is 0.258 e. The van der Waals surface area contributed by atoms with Crippen molar-refractivity contribution < 1.29 is 14.3 Å². The Bertz CT molecular complexity index is 1040. The van der Waals surface area contributed by atoms with Crippen LogP contribution in [0.25, 0.3) is 10.9 Å². The van der Waals surface area contributed by atoms with Gasteiger partial charge >= 0.3 is 0 Å². The zero-order valence-electron chi connectivity index (χ0n) is 16.8. The number of aromatic nitrogens is 1. The van der Waals surface area contributed by atoms with Crippen molar-refractivity contribution in [1.82, 2.24) is 20.7 Å². The number of benzene rings is 2. The number of fused-ring (bicyclic) bond motifs is 1. The van der Waals surface area contributed by atoms with E-state index in [0.717, 1.165) is 10.9 Å². The van der Waals surface area contributed by atoms with E-state index in [1.54, 1.807) is 24.3 Å². The number of para-hydroxylation sites is 1. The van der Waals surface area contributed by atoms with Crippen LogP contribution in [-0.2, 0) is 11.3 Å². The van der Waals surface area contributed by atoms with Crippen LogP contribution in [0.2, 0.25) is 0 Å². The maximum Gasteiger partial charge on any atom is 0.258 e. The number of hydrazine groups is 1. The summed E-state index contributed by atoms with van der Waals surface area (Å²) in [6.07, 6.45) is 1.85. The number of ether oxygens (including phenoxy) is 1. The van der Waals surface area contributed by atoms with E-state index in [4.69, 9.17) is 17.0 Å². The monoisotopic (exact) mass is 424 g/mol. The van der Waals surface area contributed by atoms with Gasteiger partial charge in [-0.3, -0.25) is 25.8 Å². The normalized spacial score (nSPS) is 10.6. The van der Waals surface area contributed by atoms with Gasteiger partial charge < -0.3 is 9.30 Å². The van der Waals surface area contributed by atoms with Crippen molar-refractivity contribution >= 4 is 40.0 Å². The van der Waals surface area contributed by atoms with Crippen LogP contribution in [0.4, 0.5) is 0 Å². The second kappa shape index (κ2) is 9.89. The highest BCUT2D eigenvalue weighted by Gasteiger charge is 2.10. The van der Waals surface area contributed by atoms with Crippen LogP contribution < -0.4 is 20.9 Å². The second-order valence-corrected chi connectivity index (χ2v) is 7.60. The molecule has 0 aliphatic heterocycles. The van der Waals surface area contributed by atoms with Crippen LogP contribution in [0.1, 0.15) is 24.2 Å². The molecule has 0 bridgehead atoms. The third-order valence-corrected chi connectivity index (χ3v) is 4.44. The summed E-state index contributed by atoms with van der Waals surface area (Å²) in [6, 6.07) is 16.5. The molecular weight excluding hydrogens is 400 g/mol. The fraction of sp³-hybridized carbons (Fsp3) is 0.227. The number of amides is 2. The molecule has 0 fully saturated rings. The average molecular weight is 425 g/mol. The van der Waals surface area contributed by atoms with Crippen molar-refractivity contribution in [2.24, 2.45) is 5.92 Å². The molecule has 156 valence electrons. The molecule has 3 rings (SSSR count). The molecule has 0 radical (unpaired) electrons. The molecule has 0 unspecified atom stereocenters. The molecule has 2 aromatic carbocycles. The first-order valence-corrected chi connectivity index (χ1v) is 10.00. The van der Waals surface area contributed by atoms with Crippen molar-refractivity contribution in [3.8, 4) is 5.75 Å². The Kier molecular flexibility index (Phi) is 7.03. The first-order chi connectivity index (χ1) is 14.4. The summed E-state index contributed by atoms with van der Waals surface area (Å²) in [5, 5.41) is 3.59. The Hall–Kier alpha value is -3.39. The lowest BCUT2D eigenvalue weighted by Crippen LogP contribution is -2.49. The average Bonchev–Trinajstić information content (AvgIpc) is 3.14. The molecule has 3 N–H and O–H groups in total.